The second-order valence-corrected chi connectivity index (χ2v) is 3.76. The molecule has 0 radical (unpaired) electrons. The van der Waals surface area contributed by atoms with Gasteiger partial charge in [0.25, 0.3) is 0 Å². The first-order valence-electron chi connectivity index (χ1n) is 5.03. The first kappa shape index (κ1) is 10.0. The smallest absolute Gasteiger partial charge is 0.0805 e. The SMILES string of the molecule is CCOC(C)C(O)CC1CCC1. The molecule has 1 saturated carbocycles. The van der Waals surface area contributed by atoms with Gasteiger partial charge in [0, 0.05) is 6.61 Å². The van der Waals surface area contributed by atoms with Crippen molar-refractivity contribution in [3.05, 3.63) is 0 Å². The second-order valence-electron chi connectivity index (χ2n) is 3.76. The molecule has 1 N–H and O–H groups in total. The van der Waals surface area contributed by atoms with Crippen LogP contribution >= 0.6 is 0 Å². The van der Waals surface area contributed by atoms with Crippen LogP contribution in [0.25, 0.3) is 0 Å². The maximum Gasteiger partial charge on any atom is 0.0805 e. The normalized spacial score (nSPS) is 23.2. The van der Waals surface area contributed by atoms with Gasteiger partial charge in [0.1, 0.15) is 0 Å². The fourth-order valence-electron chi connectivity index (χ4n) is 1.64. The Kier molecular flexibility index (Phi) is 4.02. The van der Waals surface area contributed by atoms with Crippen molar-refractivity contribution in [1.29, 1.82) is 0 Å². The maximum absolute atomic E-state index is 9.66. The van der Waals surface area contributed by atoms with Gasteiger partial charge in [-0.1, -0.05) is 19.3 Å². The Hall–Kier alpha value is -0.0800. The molecule has 2 nitrogen and oxygen atoms in total. The first-order valence-corrected chi connectivity index (χ1v) is 5.03. The summed E-state index contributed by atoms with van der Waals surface area (Å²) < 4.78 is 5.32. The molecule has 2 atom stereocenters. The molecule has 0 aromatic carbocycles. The van der Waals surface area contributed by atoms with Crippen molar-refractivity contribution in [3.8, 4) is 0 Å². The molecule has 2 unspecified atom stereocenters. The van der Waals surface area contributed by atoms with Gasteiger partial charge in [-0.25, -0.2) is 0 Å². The fourth-order valence-corrected chi connectivity index (χ4v) is 1.64. The van der Waals surface area contributed by atoms with Crippen molar-refractivity contribution in [1.82, 2.24) is 0 Å². The average Bonchev–Trinajstić information content (AvgIpc) is 1.97. The van der Waals surface area contributed by atoms with E-state index in [1.807, 2.05) is 13.8 Å². The van der Waals surface area contributed by atoms with E-state index in [0.29, 0.717) is 6.61 Å². The first-order chi connectivity index (χ1) is 5.74. The average molecular weight is 172 g/mol. The van der Waals surface area contributed by atoms with E-state index in [9.17, 15) is 5.11 Å². The largest absolute Gasteiger partial charge is 0.390 e. The Balaban J connectivity index is 2.12. The van der Waals surface area contributed by atoms with Crippen molar-refractivity contribution in [2.75, 3.05) is 6.61 Å². The lowest BCUT2D eigenvalue weighted by Gasteiger charge is -2.29. The summed E-state index contributed by atoms with van der Waals surface area (Å²) in [5.74, 6) is 0.767. The zero-order valence-electron chi connectivity index (χ0n) is 8.12. The van der Waals surface area contributed by atoms with Crippen LogP contribution in [0.4, 0.5) is 0 Å². The predicted octanol–water partition coefficient (Wildman–Crippen LogP) is 1.96. The summed E-state index contributed by atoms with van der Waals surface area (Å²) in [6, 6.07) is 0. The van der Waals surface area contributed by atoms with Crippen molar-refractivity contribution < 1.29 is 9.84 Å². The van der Waals surface area contributed by atoms with Gasteiger partial charge in [-0.15, -0.1) is 0 Å². The minimum atomic E-state index is -0.254. The Bertz CT molecular complexity index is 121. The molecule has 0 spiro atoms. The van der Waals surface area contributed by atoms with Crippen molar-refractivity contribution >= 4 is 0 Å². The highest BCUT2D eigenvalue weighted by atomic mass is 16.5. The molecular formula is C10H20O2. The third kappa shape index (κ3) is 2.76. The van der Waals surface area contributed by atoms with E-state index in [-0.39, 0.29) is 12.2 Å². The molecule has 1 aliphatic carbocycles. The quantitative estimate of drug-likeness (QED) is 0.687. The molecule has 0 amide bonds. The molecule has 72 valence electrons. The second kappa shape index (κ2) is 4.83. The molecule has 1 rings (SSSR count). The standard InChI is InChI=1S/C10H20O2/c1-3-12-8(2)10(11)7-9-5-4-6-9/h8-11H,3-7H2,1-2H3. The highest BCUT2D eigenvalue weighted by Crippen LogP contribution is 2.31. The summed E-state index contributed by atoms with van der Waals surface area (Å²) in [5, 5.41) is 9.66. The molecule has 12 heavy (non-hydrogen) atoms. The van der Waals surface area contributed by atoms with Crippen molar-refractivity contribution in [3.63, 3.8) is 0 Å². The van der Waals surface area contributed by atoms with Crippen LogP contribution in [-0.2, 0) is 4.74 Å². The van der Waals surface area contributed by atoms with Gasteiger partial charge in [0.15, 0.2) is 0 Å². The highest BCUT2D eigenvalue weighted by molar-refractivity contribution is 4.75. The highest BCUT2D eigenvalue weighted by Gasteiger charge is 2.23. The molecule has 2 heteroatoms. The van der Waals surface area contributed by atoms with Crippen LogP contribution in [0, 0.1) is 5.92 Å². The summed E-state index contributed by atoms with van der Waals surface area (Å²) in [6.45, 7) is 4.61. The van der Waals surface area contributed by atoms with E-state index in [0.717, 1.165) is 12.3 Å². The van der Waals surface area contributed by atoms with E-state index in [2.05, 4.69) is 0 Å². The van der Waals surface area contributed by atoms with Crippen molar-refractivity contribution in [2.45, 2.75) is 51.7 Å². The number of hydrogen-bond donors (Lipinski definition) is 1. The van der Waals surface area contributed by atoms with E-state index < -0.39 is 0 Å². The Morgan fingerprint density at radius 2 is 2.17 bits per heavy atom. The van der Waals surface area contributed by atoms with E-state index in [1.54, 1.807) is 0 Å². The van der Waals surface area contributed by atoms with Gasteiger partial charge in [-0.3, -0.25) is 0 Å². The molecule has 0 aliphatic heterocycles. The molecule has 1 fully saturated rings. The fraction of sp³-hybridized carbons (Fsp3) is 1.00. The number of rotatable bonds is 5. The number of hydrogen-bond acceptors (Lipinski definition) is 2. The van der Waals surface area contributed by atoms with Crippen LogP contribution in [-0.4, -0.2) is 23.9 Å². The van der Waals surface area contributed by atoms with Crippen LogP contribution in [0.15, 0.2) is 0 Å². The molecular weight excluding hydrogens is 152 g/mol. The van der Waals surface area contributed by atoms with Gasteiger partial charge in [-0.2, -0.15) is 0 Å². The molecule has 0 heterocycles. The molecule has 0 bridgehead atoms. The Morgan fingerprint density at radius 3 is 2.58 bits per heavy atom. The monoisotopic (exact) mass is 172 g/mol. The minimum absolute atomic E-state index is 0.00981. The van der Waals surface area contributed by atoms with Crippen LogP contribution < -0.4 is 0 Å². The number of aliphatic hydroxyl groups is 1. The number of ether oxygens (including phenoxy) is 1. The Morgan fingerprint density at radius 1 is 1.50 bits per heavy atom. The molecule has 1 aliphatic rings. The maximum atomic E-state index is 9.66. The molecule has 0 aromatic rings. The van der Waals surface area contributed by atoms with Gasteiger partial charge in [0.05, 0.1) is 12.2 Å². The summed E-state index contributed by atoms with van der Waals surface area (Å²) in [4.78, 5) is 0. The Labute approximate surface area is 74.9 Å². The van der Waals surface area contributed by atoms with E-state index in [4.69, 9.17) is 4.74 Å². The van der Waals surface area contributed by atoms with E-state index in [1.165, 1.54) is 19.3 Å². The van der Waals surface area contributed by atoms with Crippen LogP contribution in [0.5, 0.6) is 0 Å². The van der Waals surface area contributed by atoms with Crippen LogP contribution in [0.3, 0.4) is 0 Å². The number of aliphatic hydroxyl groups excluding tert-OH is 1. The summed E-state index contributed by atoms with van der Waals surface area (Å²) in [7, 11) is 0. The van der Waals surface area contributed by atoms with Gasteiger partial charge in [-0.05, 0) is 26.2 Å². The van der Waals surface area contributed by atoms with Gasteiger partial charge < -0.3 is 9.84 Å². The van der Waals surface area contributed by atoms with Crippen LogP contribution in [0.2, 0.25) is 0 Å². The third-order valence-corrected chi connectivity index (χ3v) is 2.77. The van der Waals surface area contributed by atoms with E-state index >= 15 is 0 Å². The summed E-state index contributed by atoms with van der Waals surface area (Å²) in [6.07, 6.45) is 4.64. The summed E-state index contributed by atoms with van der Waals surface area (Å²) in [5.41, 5.74) is 0. The molecule has 0 aromatic heterocycles. The third-order valence-electron chi connectivity index (χ3n) is 2.77. The summed E-state index contributed by atoms with van der Waals surface area (Å²) >= 11 is 0. The topological polar surface area (TPSA) is 29.5 Å². The lowest BCUT2D eigenvalue weighted by Crippen LogP contribution is -2.30. The van der Waals surface area contributed by atoms with Crippen LogP contribution in [0.1, 0.15) is 39.5 Å². The minimum Gasteiger partial charge on any atom is -0.390 e. The lowest BCUT2D eigenvalue weighted by atomic mass is 9.81. The lowest BCUT2D eigenvalue weighted by molar-refractivity contribution is -0.0362. The van der Waals surface area contributed by atoms with Crippen molar-refractivity contribution in [2.24, 2.45) is 5.92 Å². The zero-order valence-corrected chi connectivity index (χ0v) is 8.12. The zero-order chi connectivity index (χ0) is 8.97. The van der Waals surface area contributed by atoms with Gasteiger partial charge in [0.2, 0.25) is 0 Å². The molecule has 0 saturated heterocycles. The predicted molar refractivity (Wildman–Crippen MR) is 49.1 cm³/mol. The van der Waals surface area contributed by atoms with Gasteiger partial charge >= 0.3 is 0 Å².